The highest BCUT2D eigenvalue weighted by atomic mass is 35.5. The molecule has 3 heteroatoms. The number of benzene rings is 1. The Morgan fingerprint density at radius 2 is 1.88 bits per heavy atom. The van der Waals surface area contributed by atoms with Crippen LogP contribution in [-0.2, 0) is 13.0 Å². The zero-order chi connectivity index (χ0) is 11.4. The molecule has 0 saturated carbocycles. The maximum absolute atomic E-state index is 5.84. The predicted octanol–water partition coefficient (Wildman–Crippen LogP) is 2.78. The third kappa shape index (κ3) is 2.60. The summed E-state index contributed by atoms with van der Waals surface area (Å²) >= 11 is 5.84. The summed E-state index contributed by atoms with van der Waals surface area (Å²) in [5.74, 6) is 0. The van der Waals surface area contributed by atoms with E-state index in [9.17, 15) is 0 Å². The molecule has 0 spiro atoms. The van der Waals surface area contributed by atoms with Crippen molar-refractivity contribution in [2.24, 2.45) is 5.73 Å². The first-order chi connectivity index (χ1) is 7.79. The molecule has 0 aliphatic heterocycles. The molecule has 0 saturated heterocycles. The molecule has 1 aromatic carbocycles. The van der Waals surface area contributed by atoms with Crippen LogP contribution in [0.2, 0.25) is 5.02 Å². The molecule has 2 nitrogen and oxygen atoms in total. The minimum Gasteiger partial charge on any atom is -0.326 e. The van der Waals surface area contributed by atoms with Crippen molar-refractivity contribution in [3.8, 4) is 0 Å². The van der Waals surface area contributed by atoms with Gasteiger partial charge in [-0.2, -0.15) is 0 Å². The van der Waals surface area contributed by atoms with E-state index < -0.39 is 0 Å². The Morgan fingerprint density at radius 1 is 1.12 bits per heavy atom. The minimum atomic E-state index is 0.525. The van der Waals surface area contributed by atoms with Gasteiger partial charge in [-0.15, -0.1) is 0 Å². The highest BCUT2D eigenvalue weighted by molar-refractivity contribution is 6.30. The van der Waals surface area contributed by atoms with Gasteiger partial charge in [0.05, 0.1) is 0 Å². The normalized spacial score (nSPS) is 10.4. The van der Waals surface area contributed by atoms with E-state index in [2.05, 4.69) is 4.98 Å². The summed E-state index contributed by atoms with van der Waals surface area (Å²) in [5.41, 5.74) is 8.99. The van der Waals surface area contributed by atoms with Crippen LogP contribution in [0.1, 0.15) is 16.8 Å². The SMILES string of the molecule is NCc1cccnc1Cc1ccc(Cl)cc1. The second-order valence-corrected chi connectivity index (χ2v) is 4.05. The van der Waals surface area contributed by atoms with Gasteiger partial charge in [-0.25, -0.2) is 0 Å². The summed E-state index contributed by atoms with van der Waals surface area (Å²) in [6.45, 7) is 0.525. The highest BCUT2D eigenvalue weighted by Crippen LogP contribution is 2.14. The number of nitrogens with two attached hydrogens (primary N) is 1. The monoisotopic (exact) mass is 232 g/mol. The lowest BCUT2D eigenvalue weighted by atomic mass is 10.1. The zero-order valence-corrected chi connectivity index (χ0v) is 9.61. The van der Waals surface area contributed by atoms with Gasteiger partial charge in [0.25, 0.3) is 0 Å². The van der Waals surface area contributed by atoms with E-state index in [1.807, 2.05) is 36.4 Å². The van der Waals surface area contributed by atoms with Crippen LogP contribution in [0, 0.1) is 0 Å². The summed E-state index contributed by atoms with van der Waals surface area (Å²) in [6.07, 6.45) is 2.59. The van der Waals surface area contributed by atoms with Crippen LogP contribution in [0.5, 0.6) is 0 Å². The predicted molar refractivity (Wildman–Crippen MR) is 66.4 cm³/mol. The van der Waals surface area contributed by atoms with Crippen molar-refractivity contribution < 1.29 is 0 Å². The van der Waals surface area contributed by atoms with Crippen molar-refractivity contribution in [2.75, 3.05) is 0 Å². The first-order valence-electron chi connectivity index (χ1n) is 5.17. The molecule has 82 valence electrons. The fourth-order valence-electron chi connectivity index (χ4n) is 1.61. The quantitative estimate of drug-likeness (QED) is 0.884. The van der Waals surface area contributed by atoms with Crippen LogP contribution >= 0.6 is 11.6 Å². The molecule has 0 unspecified atom stereocenters. The van der Waals surface area contributed by atoms with Crippen molar-refractivity contribution in [1.82, 2.24) is 4.98 Å². The molecule has 0 fully saturated rings. The molecule has 16 heavy (non-hydrogen) atoms. The van der Waals surface area contributed by atoms with Gasteiger partial charge in [-0.3, -0.25) is 4.98 Å². The first kappa shape index (κ1) is 11.1. The van der Waals surface area contributed by atoms with E-state index in [-0.39, 0.29) is 0 Å². The molecule has 2 N–H and O–H groups in total. The van der Waals surface area contributed by atoms with Crippen molar-refractivity contribution in [3.63, 3.8) is 0 Å². The standard InChI is InChI=1S/C13H13ClN2/c14-12-5-3-10(4-6-12)8-13-11(9-15)2-1-7-16-13/h1-7H,8-9,15H2. The lowest BCUT2D eigenvalue weighted by molar-refractivity contribution is 0.964. The van der Waals surface area contributed by atoms with E-state index in [4.69, 9.17) is 17.3 Å². The maximum Gasteiger partial charge on any atom is 0.0492 e. The van der Waals surface area contributed by atoms with Crippen molar-refractivity contribution in [2.45, 2.75) is 13.0 Å². The molecule has 0 aliphatic carbocycles. The number of aromatic nitrogens is 1. The molecule has 2 aromatic rings. The number of hydrogen-bond acceptors (Lipinski definition) is 2. The van der Waals surface area contributed by atoms with Crippen LogP contribution in [-0.4, -0.2) is 4.98 Å². The zero-order valence-electron chi connectivity index (χ0n) is 8.86. The minimum absolute atomic E-state index is 0.525. The van der Waals surface area contributed by atoms with Crippen LogP contribution in [0.4, 0.5) is 0 Å². The summed E-state index contributed by atoms with van der Waals surface area (Å²) < 4.78 is 0. The average Bonchev–Trinajstić information content (AvgIpc) is 2.33. The van der Waals surface area contributed by atoms with Gasteiger partial charge >= 0.3 is 0 Å². The van der Waals surface area contributed by atoms with Gasteiger partial charge in [0.2, 0.25) is 0 Å². The van der Waals surface area contributed by atoms with Crippen LogP contribution in [0.15, 0.2) is 42.6 Å². The summed E-state index contributed by atoms with van der Waals surface area (Å²) in [7, 11) is 0. The molecule has 0 aliphatic rings. The summed E-state index contributed by atoms with van der Waals surface area (Å²) in [6, 6.07) is 11.7. The molecule has 0 radical (unpaired) electrons. The molecule has 2 rings (SSSR count). The van der Waals surface area contributed by atoms with E-state index >= 15 is 0 Å². The van der Waals surface area contributed by atoms with Crippen LogP contribution in [0.25, 0.3) is 0 Å². The largest absolute Gasteiger partial charge is 0.326 e. The summed E-state index contributed by atoms with van der Waals surface area (Å²) in [4.78, 5) is 4.35. The molecular weight excluding hydrogens is 220 g/mol. The van der Waals surface area contributed by atoms with E-state index in [1.165, 1.54) is 5.56 Å². The molecule has 1 heterocycles. The Balaban J connectivity index is 2.23. The van der Waals surface area contributed by atoms with Crippen molar-refractivity contribution in [1.29, 1.82) is 0 Å². The van der Waals surface area contributed by atoms with Crippen LogP contribution < -0.4 is 5.73 Å². The van der Waals surface area contributed by atoms with Crippen molar-refractivity contribution >= 4 is 11.6 Å². The number of nitrogens with zero attached hydrogens (tertiary/aromatic N) is 1. The Labute approximate surface area is 100 Å². The number of hydrogen-bond donors (Lipinski definition) is 1. The molecule has 0 amide bonds. The number of halogens is 1. The lowest BCUT2D eigenvalue weighted by Crippen LogP contribution is -2.04. The fourth-order valence-corrected chi connectivity index (χ4v) is 1.74. The van der Waals surface area contributed by atoms with Crippen molar-refractivity contribution in [3.05, 3.63) is 64.4 Å². The lowest BCUT2D eigenvalue weighted by Gasteiger charge is -2.06. The van der Waals surface area contributed by atoms with Gasteiger partial charge in [0, 0.05) is 29.9 Å². The average molecular weight is 233 g/mol. The molecule has 1 aromatic heterocycles. The third-order valence-electron chi connectivity index (χ3n) is 2.49. The molecular formula is C13H13ClN2. The Hall–Kier alpha value is -1.38. The Morgan fingerprint density at radius 3 is 2.56 bits per heavy atom. The Kier molecular flexibility index (Phi) is 3.54. The highest BCUT2D eigenvalue weighted by Gasteiger charge is 2.02. The molecule has 0 atom stereocenters. The van der Waals surface area contributed by atoms with Crippen LogP contribution in [0.3, 0.4) is 0 Å². The van der Waals surface area contributed by atoms with E-state index in [1.54, 1.807) is 6.20 Å². The second kappa shape index (κ2) is 5.10. The van der Waals surface area contributed by atoms with Gasteiger partial charge in [0.1, 0.15) is 0 Å². The van der Waals surface area contributed by atoms with E-state index in [0.717, 1.165) is 22.7 Å². The maximum atomic E-state index is 5.84. The van der Waals surface area contributed by atoms with Gasteiger partial charge in [0.15, 0.2) is 0 Å². The third-order valence-corrected chi connectivity index (χ3v) is 2.74. The van der Waals surface area contributed by atoms with Gasteiger partial charge in [-0.05, 0) is 29.3 Å². The van der Waals surface area contributed by atoms with Gasteiger partial charge in [-0.1, -0.05) is 29.8 Å². The molecule has 0 bridgehead atoms. The first-order valence-corrected chi connectivity index (χ1v) is 5.54. The smallest absolute Gasteiger partial charge is 0.0492 e. The summed E-state index contributed by atoms with van der Waals surface area (Å²) in [5, 5.41) is 0.754. The van der Waals surface area contributed by atoms with Gasteiger partial charge < -0.3 is 5.73 Å². The second-order valence-electron chi connectivity index (χ2n) is 3.62. The fraction of sp³-hybridized carbons (Fsp3) is 0.154. The topological polar surface area (TPSA) is 38.9 Å². The number of rotatable bonds is 3. The Bertz CT molecular complexity index is 466. The number of pyridine rings is 1. The van der Waals surface area contributed by atoms with E-state index in [0.29, 0.717) is 6.54 Å².